The van der Waals surface area contributed by atoms with Gasteiger partial charge in [-0.05, 0) is 12.2 Å². The first-order valence-electron chi connectivity index (χ1n) is 9.42. The number of carboxylic acids is 2. The number of amides is 2. The zero-order chi connectivity index (χ0) is 23.5. The largest absolute Gasteiger partial charge is 0.480 e. The number of hydrogen-bond acceptors (Lipinski definition) is 11. The molecule has 12 nitrogen and oxygen atoms in total. The van der Waals surface area contributed by atoms with Crippen molar-refractivity contribution in [2.45, 2.75) is 29.5 Å². The first-order chi connectivity index (χ1) is 15.2. The average molecular weight is 504 g/mol. The van der Waals surface area contributed by atoms with E-state index in [1.165, 1.54) is 33.8 Å². The maximum atomic E-state index is 12.8. The monoisotopic (exact) mass is 503 g/mol. The summed E-state index contributed by atoms with van der Waals surface area (Å²) >= 11 is 3.67. The van der Waals surface area contributed by atoms with E-state index >= 15 is 0 Å². The normalized spacial score (nSPS) is 25.0. The van der Waals surface area contributed by atoms with E-state index in [0.29, 0.717) is 11.5 Å². The summed E-state index contributed by atoms with van der Waals surface area (Å²) in [7, 11) is 0. The van der Waals surface area contributed by atoms with Crippen LogP contribution < -0.4 is 11.1 Å². The lowest BCUT2D eigenvalue weighted by Gasteiger charge is -2.53. The SMILES string of the molecule is CCCSC1(C(=O)O)CS[C@@H]2C(NC(=O)C(=NOCC(=O)O)c3csc(N)n3)C(=O)N2C1. The highest BCUT2D eigenvalue weighted by Gasteiger charge is 2.57. The van der Waals surface area contributed by atoms with E-state index in [2.05, 4.69) is 20.3 Å². The van der Waals surface area contributed by atoms with Crippen LogP contribution in [0.25, 0.3) is 0 Å². The number of hydrogen-bond donors (Lipinski definition) is 4. The van der Waals surface area contributed by atoms with Crippen LogP contribution >= 0.6 is 34.9 Å². The topological polar surface area (TPSA) is 185 Å². The number of thiazole rings is 1. The van der Waals surface area contributed by atoms with Gasteiger partial charge in [-0.2, -0.15) is 0 Å². The fourth-order valence-electron chi connectivity index (χ4n) is 3.09. The molecule has 2 fully saturated rings. The summed E-state index contributed by atoms with van der Waals surface area (Å²) in [5.74, 6) is -2.48. The fraction of sp³-hybridized carbons (Fsp3) is 0.529. The third kappa shape index (κ3) is 4.94. The molecular weight excluding hydrogens is 482 g/mol. The number of anilines is 1. The molecule has 1 aromatic rings. The third-order valence-electron chi connectivity index (χ3n) is 4.64. The van der Waals surface area contributed by atoms with Crippen LogP contribution in [0.15, 0.2) is 10.5 Å². The zero-order valence-corrected chi connectivity index (χ0v) is 19.3. The molecular formula is C17H21N5O7S3. The number of nitrogens with one attached hydrogen (secondary N) is 1. The molecule has 2 amide bonds. The van der Waals surface area contributed by atoms with Gasteiger partial charge in [0.2, 0.25) is 12.5 Å². The highest BCUT2D eigenvalue weighted by molar-refractivity contribution is 8.05. The number of nitrogen functional groups attached to an aromatic ring is 1. The van der Waals surface area contributed by atoms with Crippen molar-refractivity contribution in [2.75, 3.05) is 30.4 Å². The number of rotatable bonds is 10. The van der Waals surface area contributed by atoms with E-state index in [0.717, 1.165) is 17.8 Å². The third-order valence-corrected chi connectivity index (χ3v) is 8.63. The molecule has 2 unspecified atom stereocenters. The number of aromatic nitrogens is 1. The standard InChI is InChI=1S/C17H21N5O7S3/c1-2-3-32-17(15(27)28)6-22-13(26)11(14(22)31-7-17)20-12(25)10(21-29-4-9(23)24)8-5-30-16(18)19-8/h5,11,14H,2-4,6-7H2,1H3,(H2,18,19)(H,20,25)(H,23,24)(H,27,28)/t11?,14-,17?/m1/s1. The second-order valence-corrected chi connectivity index (χ2v) is 10.4. The summed E-state index contributed by atoms with van der Waals surface area (Å²) in [6.45, 7) is 1.25. The number of carboxylic acid groups (broad SMARTS) is 2. The quantitative estimate of drug-likeness (QED) is 0.190. The summed E-state index contributed by atoms with van der Waals surface area (Å²) < 4.78 is -1.09. The van der Waals surface area contributed by atoms with Crippen LogP contribution in [0.2, 0.25) is 0 Å². The van der Waals surface area contributed by atoms with Gasteiger partial charge in [-0.25, -0.2) is 9.78 Å². The van der Waals surface area contributed by atoms with Gasteiger partial charge in [0.15, 0.2) is 10.8 Å². The maximum Gasteiger partial charge on any atom is 0.344 e. The van der Waals surface area contributed by atoms with E-state index in [1.54, 1.807) is 0 Å². The Kier molecular flexibility index (Phi) is 7.51. The number of nitrogens with zero attached hydrogens (tertiary/aromatic N) is 3. The van der Waals surface area contributed by atoms with Crippen LogP contribution in [-0.4, -0.2) is 90.4 Å². The maximum absolute atomic E-state index is 12.8. The Morgan fingerprint density at radius 1 is 1.47 bits per heavy atom. The molecule has 0 aliphatic carbocycles. The predicted molar refractivity (Wildman–Crippen MR) is 120 cm³/mol. The second-order valence-electron chi connectivity index (χ2n) is 6.94. The lowest BCUT2D eigenvalue weighted by Crippen LogP contribution is -2.74. The highest BCUT2D eigenvalue weighted by Crippen LogP contribution is 2.44. The Bertz CT molecular complexity index is 955. The van der Waals surface area contributed by atoms with Gasteiger partial charge < -0.3 is 31.0 Å². The molecule has 3 heterocycles. The number of thioether (sulfide) groups is 2. The van der Waals surface area contributed by atoms with E-state index in [-0.39, 0.29) is 23.1 Å². The minimum Gasteiger partial charge on any atom is -0.480 e. The Hall–Kier alpha value is -2.52. The number of aliphatic carboxylic acids is 2. The van der Waals surface area contributed by atoms with Gasteiger partial charge in [-0.1, -0.05) is 12.1 Å². The molecule has 2 aliphatic heterocycles. The van der Waals surface area contributed by atoms with Gasteiger partial charge in [0.05, 0.1) is 0 Å². The minimum atomic E-state index is -1.28. The van der Waals surface area contributed by atoms with Crippen molar-refractivity contribution in [1.29, 1.82) is 0 Å². The van der Waals surface area contributed by atoms with Crippen LogP contribution in [0.3, 0.4) is 0 Å². The summed E-state index contributed by atoms with van der Waals surface area (Å²) in [6.07, 6.45) is 0.813. The minimum absolute atomic E-state index is 0.0567. The highest BCUT2D eigenvalue weighted by atomic mass is 32.2. The van der Waals surface area contributed by atoms with Crippen molar-refractivity contribution >= 4 is 69.5 Å². The van der Waals surface area contributed by atoms with Gasteiger partial charge in [0, 0.05) is 17.7 Å². The van der Waals surface area contributed by atoms with Gasteiger partial charge in [-0.3, -0.25) is 14.4 Å². The van der Waals surface area contributed by atoms with E-state index < -0.39 is 46.5 Å². The van der Waals surface area contributed by atoms with Crippen molar-refractivity contribution in [2.24, 2.45) is 5.16 Å². The summed E-state index contributed by atoms with van der Waals surface area (Å²) in [6, 6.07) is -0.879. The smallest absolute Gasteiger partial charge is 0.344 e. The summed E-state index contributed by atoms with van der Waals surface area (Å²) in [5, 5.41) is 25.8. The van der Waals surface area contributed by atoms with Crippen LogP contribution in [-0.2, 0) is 24.0 Å². The van der Waals surface area contributed by atoms with Crippen molar-refractivity contribution in [3.63, 3.8) is 0 Å². The molecule has 3 atom stereocenters. The van der Waals surface area contributed by atoms with Crippen molar-refractivity contribution < 1.29 is 34.2 Å². The van der Waals surface area contributed by atoms with Crippen molar-refractivity contribution in [3.05, 3.63) is 11.1 Å². The molecule has 2 saturated heterocycles. The van der Waals surface area contributed by atoms with Gasteiger partial charge >= 0.3 is 11.9 Å². The molecule has 15 heteroatoms. The number of carbonyl (C=O) groups excluding carboxylic acids is 2. The lowest BCUT2D eigenvalue weighted by molar-refractivity contribution is -0.151. The van der Waals surface area contributed by atoms with Crippen LogP contribution in [0.1, 0.15) is 19.0 Å². The number of β-lactam (4-membered cyclic amide) rings is 1. The fourth-order valence-corrected chi connectivity index (χ4v) is 6.51. The Labute approximate surface area is 194 Å². The molecule has 0 aromatic carbocycles. The second kappa shape index (κ2) is 9.95. The molecule has 5 N–H and O–H groups in total. The number of oxime groups is 1. The molecule has 1 aromatic heterocycles. The summed E-state index contributed by atoms with van der Waals surface area (Å²) in [5.41, 5.74) is 5.36. The molecule has 174 valence electrons. The molecule has 32 heavy (non-hydrogen) atoms. The van der Waals surface area contributed by atoms with Crippen LogP contribution in [0.4, 0.5) is 5.13 Å². The number of nitrogens with two attached hydrogens (primary N) is 1. The zero-order valence-electron chi connectivity index (χ0n) is 16.8. The first kappa shape index (κ1) is 24.1. The van der Waals surface area contributed by atoms with Crippen LogP contribution in [0, 0.1) is 0 Å². The number of fused-ring (bicyclic) bond motifs is 1. The predicted octanol–water partition coefficient (Wildman–Crippen LogP) is -0.103. The molecule has 0 saturated carbocycles. The van der Waals surface area contributed by atoms with Gasteiger partial charge in [0.1, 0.15) is 21.9 Å². The Morgan fingerprint density at radius 2 is 2.22 bits per heavy atom. The first-order valence-corrected chi connectivity index (χ1v) is 12.3. The van der Waals surface area contributed by atoms with Crippen molar-refractivity contribution in [3.8, 4) is 0 Å². The molecule has 0 radical (unpaired) electrons. The van der Waals surface area contributed by atoms with Crippen molar-refractivity contribution in [1.82, 2.24) is 15.2 Å². The van der Waals surface area contributed by atoms with Crippen LogP contribution in [0.5, 0.6) is 0 Å². The average Bonchev–Trinajstić information content (AvgIpc) is 3.18. The Balaban J connectivity index is 1.70. The number of carbonyl (C=O) groups is 4. The summed E-state index contributed by atoms with van der Waals surface area (Å²) in [4.78, 5) is 58.2. The van der Waals surface area contributed by atoms with Gasteiger partial charge in [-0.15, -0.1) is 34.9 Å². The molecule has 0 spiro atoms. The molecule has 3 rings (SSSR count). The van der Waals surface area contributed by atoms with E-state index in [9.17, 15) is 24.3 Å². The van der Waals surface area contributed by atoms with E-state index in [4.69, 9.17) is 10.8 Å². The van der Waals surface area contributed by atoms with Gasteiger partial charge in [0.25, 0.3) is 5.91 Å². The lowest BCUT2D eigenvalue weighted by atomic mass is 10.0. The Morgan fingerprint density at radius 3 is 2.81 bits per heavy atom. The van der Waals surface area contributed by atoms with E-state index in [1.807, 2.05) is 6.92 Å². The molecule has 0 bridgehead atoms. The molecule has 2 aliphatic rings.